The fourth-order valence-corrected chi connectivity index (χ4v) is 2.92. The summed E-state index contributed by atoms with van der Waals surface area (Å²) in [7, 11) is 0. The van der Waals surface area contributed by atoms with Gasteiger partial charge in [-0.05, 0) is 19.1 Å². The van der Waals surface area contributed by atoms with Crippen LogP contribution in [0.5, 0.6) is 0 Å². The molecule has 3 rings (SSSR count). The maximum Gasteiger partial charge on any atom is 0.205 e. The molecule has 100 valence electrons. The molecule has 1 fully saturated rings. The normalized spacial score (nSPS) is 15.8. The third-order valence-electron chi connectivity index (χ3n) is 3.18. The van der Waals surface area contributed by atoms with E-state index in [1.54, 1.807) is 6.20 Å². The second-order valence-electron chi connectivity index (χ2n) is 4.51. The maximum atomic E-state index is 5.96. The van der Waals surface area contributed by atoms with Crippen LogP contribution in [0.2, 0.25) is 0 Å². The van der Waals surface area contributed by atoms with Crippen molar-refractivity contribution in [2.75, 3.05) is 41.7 Å². The molecule has 1 saturated heterocycles. The van der Waals surface area contributed by atoms with Gasteiger partial charge in [0.1, 0.15) is 5.82 Å². The zero-order chi connectivity index (χ0) is 13.2. The van der Waals surface area contributed by atoms with Gasteiger partial charge in [0.15, 0.2) is 5.82 Å². The number of anilines is 3. The number of pyridine rings is 1. The lowest BCUT2D eigenvalue weighted by Gasteiger charge is -2.35. The van der Waals surface area contributed by atoms with E-state index in [0.717, 1.165) is 48.6 Å². The second kappa shape index (κ2) is 5.00. The lowest BCUT2D eigenvalue weighted by Crippen LogP contribution is -2.47. The molecule has 6 nitrogen and oxygen atoms in total. The van der Waals surface area contributed by atoms with Crippen molar-refractivity contribution in [2.45, 2.75) is 6.92 Å². The van der Waals surface area contributed by atoms with Crippen LogP contribution in [0, 0.1) is 6.92 Å². The summed E-state index contributed by atoms with van der Waals surface area (Å²) in [5.41, 5.74) is 6.70. The van der Waals surface area contributed by atoms with Gasteiger partial charge in [-0.1, -0.05) is 0 Å². The van der Waals surface area contributed by atoms with E-state index in [1.807, 2.05) is 19.1 Å². The van der Waals surface area contributed by atoms with Crippen molar-refractivity contribution < 1.29 is 0 Å². The summed E-state index contributed by atoms with van der Waals surface area (Å²) in [6.45, 7) is 5.57. The fourth-order valence-electron chi connectivity index (χ4n) is 2.20. The van der Waals surface area contributed by atoms with E-state index < -0.39 is 0 Å². The molecule has 0 aliphatic carbocycles. The van der Waals surface area contributed by atoms with Crippen LogP contribution in [0.4, 0.5) is 16.6 Å². The highest BCUT2D eigenvalue weighted by atomic mass is 32.1. The van der Waals surface area contributed by atoms with Gasteiger partial charge in [-0.3, -0.25) is 0 Å². The van der Waals surface area contributed by atoms with Crippen molar-refractivity contribution in [3.8, 4) is 0 Å². The highest BCUT2D eigenvalue weighted by molar-refractivity contribution is 7.09. The molecule has 19 heavy (non-hydrogen) atoms. The number of nitrogens with two attached hydrogens (primary N) is 1. The van der Waals surface area contributed by atoms with Crippen LogP contribution in [0.25, 0.3) is 0 Å². The van der Waals surface area contributed by atoms with E-state index in [1.165, 1.54) is 11.5 Å². The predicted molar refractivity (Wildman–Crippen MR) is 77.7 cm³/mol. The minimum atomic E-state index is 0.739. The minimum absolute atomic E-state index is 0.739. The second-order valence-corrected chi connectivity index (χ2v) is 5.24. The molecule has 2 N–H and O–H groups in total. The van der Waals surface area contributed by atoms with Gasteiger partial charge in [-0.25, -0.2) is 9.97 Å². The summed E-state index contributed by atoms with van der Waals surface area (Å²) in [6.07, 6.45) is 1.78. The minimum Gasteiger partial charge on any atom is -0.396 e. The van der Waals surface area contributed by atoms with Gasteiger partial charge < -0.3 is 15.5 Å². The largest absolute Gasteiger partial charge is 0.396 e. The van der Waals surface area contributed by atoms with Gasteiger partial charge >= 0.3 is 0 Å². The maximum absolute atomic E-state index is 5.96. The average molecular weight is 276 g/mol. The van der Waals surface area contributed by atoms with Gasteiger partial charge in [-0.15, -0.1) is 0 Å². The number of hydrogen-bond acceptors (Lipinski definition) is 7. The Morgan fingerprint density at radius 2 is 1.95 bits per heavy atom. The van der Waals surface area contributed by atoms with Gasteiger partial charge in [0.25, 0.3) is 0 Å². The van der Waals surface area contributed by atoms with E-state index >= 15 is 0 Å². The van der Waals surface area contributed by atoms with E-state index in [2.05, 4.69) is 24.1 Å². The van der Waals surface area contributed by atoms with Gasteiger partial charge in [-0.2, -0.15) is 4.37 Å². The van der Waals surface area contributed by atoms with Crippen LogP contribution < -0.4 is 15.5 Å². The third kappa shape index (κ3) is 2.46. The van der Waals surface area contributed by atoms with Crippen molar-refractivity contribution in [1.29, 1.82) is 0 Å². The van der Waals surface area contributed by atoms with Crippen LogP contribution in [0.1, 0.15) is 5.82 Å². The monoisotopic (exact) mass is 276 g/mol. The number of nitrogen functional groups attached to an aromatic ring is 1. The first kappa shape index (κ1) is 12.2. The van der Waals surface area contributed by atoms with E-state index in [4.69, 9.17) is 5.73 Å². The number of aryl methyl sites for hydroxylation is 1. The first-order chi connectivity index (χ1) is 9.24. The lowest BCUT2D eigenvalue weighted by molar-refractivity contribution is 0.646. The van der Waals surface area contributed by atoms with Crippen LogP contribution in [0.15, 0.2) is 18.3 Å². The van der Waals surface area contributed by atoms with Crippen LogP contribution >= 0.6 is 11.5 Å². The van der Waals surface area contributed by atoms with E-state index in [0.29, 0.717) is 0 Å². The highest BCUT2D eigenvalue weighted by Gasteiger charge is 2.21. The quantitative estimate of drug-likeness (QED) is 0.887. The molecular formula is C12H16N6S. The van der Waals surface area contributed by atoms with Crippen molar-refractivity contribution in [1.82, 2.24) is 14.3 Å². The topological polar surface area (TPSA) is 71.2 Å². The van der Waals surface area contributed by atoms with Crippen LogP contribution in [-0.2, 0) is 0 Å². The number of hydrogen-bond donors (Lipinski definition) is 1. The Labute approximate surface area is 116 Å². The van der Waals surface area contributed by atoms with Crippen LogP contribution in [0.3, 0.4) is 0 Å². The Hall–Kier alpha value is -1.89. The first-order valence-corrected chi connectivity index (χ1v) is 7.02. The Bertz CT molecular complexity index is 561. The molecule has 0 atom stereocenters. The smallest absolute Gasteiger partial charge is 0.205 e. The molecule has 1 aliphatic rings. The molecule has 2 aromatic rings. The van der Waals surface area contributed by atoms with Crippen molar-refractivity contribution in [2.24, 2.45) is 0 Å². The molecule has 0 saturated carbocycles. The molecule has 0 amide bonds. The molecule has 2 aromatic heterocycles. The Morgan fingerprint density at radius 1 is 1.21 bits per heavy atom. The molecule has 7 heteroatoms. The average Bonchev–Trinajstić information content (AvgIpc) is 2.86. The molecule has 0 bridgehead atoms. The number of nitrogens with zero attached hydrogens (tertiary/aromatic N) is 5. The lowest BCUT2D eigenvalue weighted by atomic mass is 10.3. The van der Waals surface area contributed by atoms with Crippen molar-refractivity contribution in [3.05, 3.63) is 24.2 Å². The number of rotatable bonds is 2. The fraction of sp³-hybridized carbons (Fsp3) is 0.417. The predicted octanol–water partition coefficient (Wildman–Crippen LogP) is 1.15. The third-order valence-corrected chi connectivity index (χ3v) is 4.05. The molecule has 0 radical (unpaired) electrons. The van der Waals surface area contributed by atoms with Gasteiger partial charge in [0.05, 0.1) is 5.69 Å². The number of piperazine rings is 1. The Kier molecular flexibility index (Phi) is 3.20. The van der Waals surface area contributed by atoms with Crippen LogP contribution in [-0.4, -0.2) is 40.5 Å². The van der Waals surface area contributed by atoms with Gasteiger partial charge in [0.2, 0.25) is 5.13 Å². The zero-order valence-corrected chi connectivity index (χ0v) is 11.6. The zero-order valence-electron chi connectivity index (χ0n) is 10.8. The SMILES string of the molecule is Cc1nsc(N2CCN(c3ncccc3N)CC2)n1. The summed E-state index contributed by atoms with van der Waals surface area (Å²) in [6, 6.07) is 3.75. The molecule has 3 heterocycles. The van der Waals surface area contributed by atoms with Gasteiger partial charge in [0, 0.05) is 43.9 Å². The summed E-state index contributed by atoms with van der Waals surface area (Å²) < 4.78 is 4.23. The Balaban J connectivity index is 1.68. The summed E-state index contributed by atoms with van der Waals surface area (Å²) >= 11 is 1.46. The molecular weight excluding hydrogens is 260 g/mol. The summed E-state index contributed by atoms with van der Waals surface area (Å²) in [5.74, 6) is 1.73. The molecule has 0 aromatic carbocycles. The van der Waals surface area contributed by atoms with E-state index in [-0.39, 0.29) is 0 Å². The Morgan fingerprint density at radius 3 is 2.58 bits per heavy atom. The number of aromatic nitrogens is 3. The highest BCUT2D eigenvalue weighted by Crippen LogP contribution is 2.23. The molecule has 1 aliphatic heterocycles. The van der Waals surface area contributed by atoms with E-state index in [9.17, 15) is 0 Å². The summed E-state index contributed by atoms with van der Waals surface area (Å²) in [5, 5.41) is 1.01. The molecule has 0 unspecified atom stereocenters. The first-order valence-electron chi connectivity index (χ1n) is 6.25. The van der Waals surface area contributed by atoms with Crippen molar-refractivity contribution in [3.63, 3.8) is 0 Å². The molecule has 0 spiro atoms. The van der Waals surface area contributed by atoms with Crippen molar-refractivity contribution >= 4 is 28.2 Å². The summed E-state index contributed by atoms with van der Waals surface area (Å²) in [4.78, 5) is 13.3. The standard InChI is InChI=1S/C12H16N6S/c1-9-15-12(19-16-9)18-7-5-17(6-8-18)11-10(13)3-2-4-14-11/h2-4H,5-8,13H2,1H3.